The summed E-state index contributed by atoms with van der Waals surface area (Å²) in [4.78, 5) is 7.08. The first-order valence-electron chi connectivity index (χ1n) is 19.3. The number of para-hydroxylation sites is 3. The molecule has 0 bridgehead atoms. The molecule has 0 fully saturated rings. The van der Waals surface area contributed by atoms with Crippen LogP contribution in [0.3, 0.4) is 0 Å². The van der Waals surface area contributed by atoms with Crippen LogP contribution in [-0.2, 0) is 26.6 Å². The van der Waals surface area contributed by atoms with Crippen LogP contribution >= 0.6 is 11.8 Å². The van der Waals surface area contributed by atoms with E-state index in [1.165, 1.54) is 38.7 Å². The van der Waals surface area contributed by atoms with E-state index in [0.29, 0.717) is 0 Å². The summed E-state index contributed by atoms with van der Waals surface area (Å²) in [5.74, 6) is 0.846. The fourth-order valence-electron chi connectivity index (χ4n) is 8.04. The van der Waals surface area contributed by atoms with Gasteiger partial charge in [0.05, 0.1) is 5.54 Å². The second-order valence-electron chi connectivity index (χ2n) is 15.3. The van der Waals surface area contributed by atoms with Gasteiger partial charge in [0.25, 0.3) is 0 Å². The van der Waals surface area contributed by atoms with Crippen LogP contribution in [0.1, 0.15) is 20.8 Å². The van der Waals surface area contributed by atoms with Gasteiger partial charge in [-0.25, -0.2) is 14.1 Å². The molecule has 0 aliphatic heterocycles. The third-order valence-electron chi connectivity index (χ3n) is 10.6. The summed E-state index contributed by atoms with van der Waals surface area (Å²) < 4.78 is 6.85. The molecule has 0 aliphatic rings. The van der Waals surface area contributed by atoms with Crippen LogP contribution in [0.25, 0.3) is 77.7 Å². The van der Waals surface area contributed by atoms with E-state index in [9.17, 15) is 0 Å². The van der Waals surface area contributed by atoms with Crippen molar-refractivity contribution in [3.05, 3.63) is 195 Å². The van der Waals surface area contributed by atoms with Gasteiger partial charge in [-0.2, -0.15) is 24.3 Å². The van der Waals surface area contributed by atoms with Gasteiger partial charge in [-0.15, -0.1) is 34.2 Å². The quantitative estimate of drug-likeness (QED) is 0.149. The van der Waals surface area contributed by atoms with Crippen LogP contribution in [0.15, 0.2) is 192 Å². The molecule has 4 nitrogen and oxygen atoms in total. The number of hydrogen-bond donors (Lipinski definition) is 0. The number of aromatic nitrogens is 4. The molecule has 0 N–H and O–H groups in total. The van der Waals surface area contributed by atoms with Crippen molar-refractivity contribution in [2.45, 2.75) is 36.1 Å². The minimum atomic E-state index is -0.0656. The number of fused-ring (bicyclic) bond motifs is 4. The largest absolute Gasteiger partial charge is 0.319 e. The van der Waals surface area contributed by atoms with Crippen molar-refractivity contribution < 1.29 is 21.1 Å². The van der Waals surface area contributed by atoms with E-state index in [2.05, 4.69) is 223 Å². The molecular formula is C52H39N4PtS-. The van der Waals surface area contributed by atoms with Crippen LogP contribution in [0.4, 0.5) is 0 Å². The maximum Gasteiger partial charge on any atom is 0.188 e. The SMILES string of the molecule is CC(C)(C)n1[cH+]n(-c2[c-]c(Sc3[c-]c4c(cc3)c3ccccc3n4-c3cc(-c4c(-c5ccccc5)cccc4-c4ccccc4)ccn3)ccc2)c2ccccc21.[Pt]. The fraction of sp³-hybridized carbons (Fsp3) is 0.0769. The van der Waals surface area contributed by atoms with Gasteiger partial charge in [-0.05, 0) is 89.9 Å². The molecule has 7 aromatic carbocycles. The van der Waals surface area contributed by atoms with Gasteiger partial charge in [0.1, 0.15) is 5.82 Å². The molecule has 3 aromatic heterocycles. The maximum atomic E-state index is 5.04. The molecule has 58 heavy (non-hydrogen) atoms. The van der Waals surface area contributed by atoms with E-state index >= 15 is 0 Å². The van der Waals surface area contributed by atoms with Gasteiger partial charge in [0.15, 0.2) is 17.4 Å². The smallest absolute Gasteiger partial charge is 0.188 e. The van der Waals surface area contributed by atoms with E-state index in [1.807, 2.05) is 6.20 Å². The monoisotopic (exact) mass is 946 g/mol. The number of nitrogens with zero attached hydrogens (tertiary/aromatic N) is 4. The van der Waals surface area contributed by atoms with Crippen LogP contribution in [0.5, 0.6) is 0 Å². The first-order valence-corrected chi connectivity index (χ1v) is 20.1. The third kappa shape index (κ3) is 6.79. The molecule has 0 radical (unpaired) electrons. The van der Waals surface area contributed by atoms with Crippen molar-refractivity contribution in [1.82, 2.24) is 18.7 Å². The van der Waals surface area contributed by atoms with Crippen molar-refractivity contribution in [2.75, 3.05) is 0 Å². The molecule has 3 heterocycles. The number of rotatable bonds is 7. The van der Waals surface area contributed by atoms with E-state index < -0.39 is 0 Å². The molecule has 0 atom stereocenters. The number of pyridine rings is 1. The van der Waals surface area contributed by atoms with Gasteiger partial charge < -0.3 is 4.57 Å². The van der Waals surface area contributed by atoms with Gasteiger partial charge in [0.2, 0.25) is 0 Å². The zero-order chi connectivity index (χ0) is 38.5. The van der Waals surface area contributed by atoms with Crippen LogP contribution < -0.4 is 0 Å². The predicted molar refractivity (Wildman–Crippen MR) is 237 cm³/mol. The molecule has 6 heteroatoms. The average Bonchev–Trinajstić information content (AvgIpc) is 3.81. The molecular weight excluding hydrogens is 908 g/mol. The van der Waals surface area contributed by atoms with Gasteiger partial charge in [0, 0.05) is 50.6 Å². The normalized spacial score (nSPS) is 11.6. The van der Waals surface area contributed by atoms with Gasteiger partial charge in [-0.1, -0.05) is 114 Å². The van der Waals surface area contributed by atoms with Crippen LogP contribution in [-0.4, -0.2) is 18.7 Å². The van der Waals surface area contributed by atoms with Crippen LogP contribution in [0, 0.1) is 12.1 Å². The molecule has 10 aromatic rings. The Bertz CT molecular complexity index is 3030. The van der Waals surface area contributed by atoms with E-state index in [1.54, 1.807) is 11.8 Å². The zero-order valence-corrected chi connectivity index (χ0v) is 35.4. The minimum absolute atomic E-state index is 0. The maximum absolute atomic E-state index is 5.04. The molecule has 0 saturated carbocycles. The second-order valence-corrected chi connectivity index (χ2v) is 16.4. The van der Waals surface area contributed by atoms with E-state index in [0.717, 1.165) is 48.8 Å². The van der Waals surface area contributed by atoms with Crippen molar-refractivity contribution in [3.63, 3.8) is 0 Å². The molecule has 0 amide bonds. The third-order valence-corrected chi connectivity index (χ3v) is 11.6. The summed E-state index contributed by atoms with van der Waals surface area (Å²) in [7, 11) is 0. The van der Waals surface area contributed by atoms with Gasteiger partial charge in [-0.3, -0.25) is 0 Å². The Balaban J connectivity index is 0.00000436. The molecule has 10 rings (SSSR count). The van der Waals surface area contributed by atoms with Gasteiger partial charge >= 0.3 is 0 Å². The molecule has 0 saturated heterocycles. The summed E-state index contributed by atoms with van der Waals surface area (Å²) in [6.45, 7) is 6.72. The topological polar surface area (TPSA) is 27.7 Å². The molecule has 0 spiro atoms. The van der Waals surface area contributed by atoms with Crippen molar-refractivity contribution >= 4 is 44.6 Å². The zero-order valence-electron chi connectivity index (χ0n) is 32.3. The van der Waals surface area contributed by atoms with Crippen LogP contribution in [0.2, 0.25) is 0 Å². The Kier molecular flexibility index (Phi) is 9.97. The summed E-state index contributed by atoms with van der Waals surface area (Å²) >= 11 is 1.68. The molecule has 0 aliphatic carbocycles. The van der Waals surface area contributed by atoms with Crippen molar-refractivity contribution in [2.24, 2.45) is 0 Å². The average molecular weight is 947 g/mol. The molecule has 284 valence electrons. The standard InChI is InChI=1S/C52H39N4S.Pt/c1-52(2,3)55-35-54(47-26-12-13-27-48(47)55)39-20-14-21-40(33-39)57-41-28-29-45-44-22-10-11-25-46(44)56(49(45)34-41)50-32-38(30-31-53-50)51-42(36-16-6-4-7-17-36)23-15-24-43(51)37-18-8-5-9-19-37;/h4-32,35H,1-3H3;/q-1;. The number of imidazole rings is 1. The second kappa shape index (κ2) is 15.4. The summed E-state index contributed by atoms with van der Waals surface area (Å²) in [6, 6.07) is 67.8. The summed E-state index contributed by atoms with van der Waals surface area (Å²) in [6.07, 6.45) is 4.14. The minimum Gasteiger partial charge on any atom is -0.319 e. The number of benzene rings is 7. The Hall–Kier alpha value is -6.00. The van der Waals surface area contributed by atoms with E-state index in [-0.39, 0.29) is 26.6 Å². The molecule has 0 unspecified atom stereocenters. The number of hydrogen-bond acceptors (Lipinski definition) is 2. The van der Waals surface area contributed by atoms with Crippen molar-refractivity contribution in [3.8, 4) is 44.9 Å². The first-order chi connectivity index (χ1) is 27.9. The fourth-order valence-corrected chi connectivity index (χ4v) is 8.86. The Morgan fingerprint density at radius 1 is 0.552 bits per heavy atom. The summed E-state index contributed by atoms with van der Waals surface area (Å²) in [5, 5.41) is 2.31. The van der Waals surface area contributed by atoms with Crippen molar-refractivity contribution in [1.29, 1.82) is 0 Å². The summed E-state index contributed by atoms with van der Waals surface area (Å²) in [5.41, 5.74) is 12.4. The predicted octanol–water partition coefficient (Wildman–Crippen LogP) is 13.7. The Labute approximate surface area is 357 Å². The Morgan fingerprint density at radius 3 is 1.88 bits per heavy atom. The Morgan fingerprint density at radius 2 is 1.17 bits per heavy atom. The first kappa shape index (κ1) is 37.6. The van der Waals surface area contributed by atoms with E-state index in [4.69, 9.17) is 4.98 Å².